The highest BCUT2D eigenvalue weighted by atomic mass is 16.6. The largest absolute Gasteiger partial charge is 0.444 e. The third-order valence-corrected chi connectivity index (χ3v) is 4.65. The molecule has 6 heteroatoms. The molecular formula is C18H31N3O3. The maximum atomic E-state index is 12.3. The van der Waals surface area contributed by atoms with Crippen molar-refractivity contribution in [1.29, 1.82) is 0 Å². The number of ether oxygens (including phenoxy) is 1. The lowest BCUT2D eigenvalue weighted by molar-refractivity contribution is 0.0282. The van der Waals surface area contributed by atoms with Crippen molar-refractivity contribution in [3.8, 4) is 0 Å². The van der Waals surface area contributed by atoms with Crippen molar-refractivity contribution in [3.63, 3.8) is 0 Å². The second-order valence-electron chi connectivity index (χ2n) is 7.96. The highest BCUT2D eigenvalue weighted by Crippen LogP contribution is 2.31. The lowest BCUT2D eigenvalue weighted by Gasteiger charge is -2.28. The standard InChI is InChI=1S/C18H31N3O3/c1-13(14-9-7-6-8-10-14)21-16(22)11-15(19-21)12-20(5)17(23)24-18(2,3)4/h11,13-14,19H,6-10,12H2,1-5H3. The zero-order valence-corrected chi connectivity index (χ0v) is 15.6. The van der Waals surface area contributed by atoms with Crippen LogP contribution >= 0.6 is 0 Å². The molecule has 0 spiro atoms. The van der Waals surface area contributed by atoms with Gasteiger partial charge in [0.15, 0.2) is 0 Å². The van der Waals surface area contributed by atoms with Crippen LogP contribution in [0.25, 0.3) is 0 Å². The number of nitrogens with one attached hydrogen (secondary N) is 1. The number of hydrogen-bond donors (Lipinski definition) is 1. The first-order chi connectivity index (χ1) is 11.2. The number of carbonyl (C=O) groups excluding carboxylic acids is 1. The summed E-state index contributed by atoms with van der Waals surface area (Å²) in [7, 11) is 1.67. The molecule has 0 aliphatic heterocycles. The summed E-state index contributed by atoms with van der Waals surface area (Å²) in [6, 6.07) is 1.75. The van der Waals surface area contributed by atoms with E-state index in [2.05, 4.69) is 12.0 Å². The zero-order chi connectivity index (χ0) is 17.9. The van der Waals surface area contributed by atoms with Gasteiger partial charge in [-0.05, 0) is 46.5 Å². The highest BCUT2D eigenvalue weighted by molar-refractivity contribution is 5.67. The molecule has 0 bridgehead atoms. The van der Waals surface area contributed by atoms with E-state index in [0.29, 0.717) is 12.5 Å². The molecule has 1 unspecified atom stereocenters. The van der Waals surface area contributed by atoms with Gasteiger partial charge in [0.25, 0.3) is 5.56 Å². The molecule has 1 N–H and O–H groups in total. The normalized spacial score (nSPS) is 17.5. The minimum atomic E-state index is -0.528. The first kappa shape index (κ1) is 18.6. The van der Waals surface area contributed by atoms with Crippen molar-refractivity contribution in [1.82, 2.24) is 14.7 Å². The second kappa shape index (κ2) is 7.45. The van der Waals surface area contributed by atoms with Crippen LogP contribution < -0.4 is 5.56 Å². The Morgan fingerprint density at radius 3 is 2.58 bits per heavy atom. The summed E-state index contributed by atoms with van der Waals surface area (Å²) < 4.78 is 7.06. The topological polar surface area (TPSA) is 67.3 Å². The van der Waals surface area contributed by atoms with E-state index in [-0.39, 0.29) is 11.6 Å². The van der Waals surface area contributed by atoms with Gasteiger partial charge >= 0.3 is 6.09 Å². The van der Waals surface area contributed by atoms with Crippen molar-refractivity contribution in [2.45, 2.75) is 78.0 Å². The number of hydrogen-bond acceptors (Lipinski definition) is 3. The summed E-state index contributed by atoms with van der Waals surface area (Å²) in [5.74, 6) is 0.548. The molecule has 136 valence electrons. The second-order valence-corrected chi connectivity index (χ2v) is 7.96. The molecule has 2 rings (SSSR count). The molecule has 1 aliphatic carbocycles. The highest BCUT2D eigenvalue weighted by Gasteiger charge is 2.24. The number of aromatic nitrogens is 2. The van der Waals surface area contributed by atoms with Crippen LogP contribution in [0.2, 0.25) is 0 Å². The fourth-order valence-corrected chi connectivity index (χ4v) is 3.33. The molecule has 1 aromatic rings. The van der Waals surface area contributed by atoms with Gasteiger partial charge in [-0.1, -0.05) is 19.3 Å². The lowest BCUT2D eigenvalue weighted by Crippen LogP contribution is -2.34. The van der Waals surface area contributed by atoms with Crippen LogP contribution in [-0.2, 0) is 11.3 Å². The Hall–Kier alpha value is -1.72. The molecule has 1 aliphatic rings. The molecule has 1 aromatic heterocycles. The van der Waals surface area contributed by atoms with Crippen molar-refractivity contribution >= 4 is 6.09 Å². The van der Waals surface area contributed by atoms with Gasteiger partial charge in [-0.15, -0.1) is 0 Å². The van der Waals surface area contributed by atoms with Crippen LogP contribution in [0.3, 0.4) is 0 Å². The van der Waals surface area contributed by atoms with Crippen LogP contribution in [0, 0.1) is 5.92 Å². The summed E-state index contributed by atoms with van der Waals surface area (Å²) in [4.78, 5) is 25.8. The van der Waals surface area contributed by atoms with E-state index < -0.39 is 11.7 Å². The molecule has 1 saturated carbocycles. The van der Waals surface area contributed by atoms with Gasteiger partial charge in [0.05, 0.1) is 18.3 Å². The Morgan fingerprint density at radius 2 is 2.00 bits per heavy atom. The van der Waals surface area contributed by atoms with Crippen molar-refractivity contribution in [2.75, 3.05) is 7.05 Å². The first-order valence-corrected chi connectivity index (χ1v) is 8.92. The number of rotatable bonds is 4. The predicted octanol–water partition coefficient (Wildman–Crippen LogP) is 3.68. The smallest absolute Gasteiger partial charge is 0.410 e. The maximum absolute atomic E-state index is 12.3. The summed E-state index contributed by atoms with van der Waals surface area (Å²) in [6.07, 6.45) is 5.77. The number of nitrogens with zero attached hydrogens (tertiary/aromatic N) is 2. The van der Waals surface area contributed by atoms with Gasteiger partial charge in [0.2, 0.25) is 0 Å². The SMILES string of the molecule is CC(C1CCCCC1)n1[nH]c(CN(C)C(=O)OC(C)(C)C)cc1=O. The summed E-state index contributed by atoms with van der Waals surface area (Å²) >= 11 is 0. The van der Waals surface area contributed by atoms with Crippen molar-refractivity contribution in [2.24, 2.45) is 5.92 Å². The number of H-pyrrole nitrogens is 1. The molecular weight excluding hydrogens is 306 g/mol. The van der Waals surface area contributed by atoms with Gasteiger partial charge in [0, 0.05) is 13.1 Å². The zero-order valence-electron chi connectivity index (χ0n) is 15.6. The molecule has 0 saturated heterocycles. The average molecular weight is 337 g/mol. The molecule has 0 aromatic carbocycles. The summed E-state index contributed by atoms with van der Waals surface area (Å²) in [5.41, 5.74) is 0.178. The Kier molecular flexibility index (Phi) is 5.78. The van der Waals surface area contributed by atoms with E-state index in [9.17, 15) is 9.59 Å². The molecule has 0 radical (unpaired) electrons. The van der Waals surface area contributed by atoms with E-state index in [4.69, 9.17) is 4.74 Å². The minimum Gasteiger partial charge on any atom is -0.444 e. The van der Waals surface area contributed by atoms with Gasteiger partial charge in [0.1, 0.15) is 5.60 Å². The van der Waals surface area contributed by atoms with Gasteiger partial charge in [-0.25, -0.2) is 9.48 Å². The van der Waals surface area contributed by atoms with E-state index in [1.807, 2.05) is 20.8 Å². The van der Waals surface area contributed by atoms with Crippen LogP contribution in [0.15, 0.2) is 10.9 Å². The van der Waals surface area contributed by atoms with Gasteiger partial charge in [-0.3, -0.25) is 9.89 Å². The van der Waals surface area contributed by atoms with Crippen molar-refractivity contribution in [3.05, 3.63) is 22.1 Å². The molecule has 6 nitrogen and oxygen atoms in total. The number of carbonyl (C=O) groups is 1. The fraction of sp³-hybridized carbons (Fsp3) is 0.778. The number of amides is 1. The Bertz CT molecular complexity index is 606. The Labute approximate surface area is 144 Å². The maximum Gasteiger partial charge on any atom is 0.410 e. The molecule has 1 atom stereocenters. The van der Waals surface area contributed by atoms with E-state index in [1.165, 1.54) is 37.0 Å². The van der Waals surface area contributed by atoms with E-state index >= 15 is 0 Å². The molecule has 1 heterocycles. The van der Waals surface area contributed by atoms with Crippen molar-refractivity contribution < 1.29 is 9.53 Å². The third kappa shape index (κ3) is 4.89. The predicted molar refractivity (Wildman–Crippen MR) is 94.0 cm³/mol. The summed E-state index contributed by atoms with van der Waals surface area (Å²) in [5, 5.41) is 3.18. The monoisotopic (exact) mass is 337 g/mol. The number of aromatic amines is 1. The first-order valence-electron chi connectivity index (χ1n) is 8.92. The van der Waals surface area contributed by atoms with Crippen LogP contribution in [0.4, 0.5) is 4.79 Å². The van der Waals surface area contributed by atoms with E-state index in [1.54, 1.807) is 17.8 Å². The van der Waals surface area contributed by atoms with Crippen LogP contribution in [-0.4, -0.2) is 33.4 Å². The van der Waals surface area contributed by atoms with E-state index in [0.717, 1.165) is 5.69 Å². The Morgan fingerprint density at radius 1 is 1.38 bits per heavy atom. The minimum absolute atomic E-state index is 0.0272. The third-order valence-electron chi connectivity index (χ3n) is 4.65. The van der Waals surface area contributed by atoms with Crippen LogP contribution in [0.1, 0.15) is 71.5 Å². The summed E-state index contributed by atoms with van der Waals surface area (Å²) in [6.45, 7) is 7.94. The lowest BCUT2D eigenvalue weighted by atomic mass is 9.85. The van der Waals surface area contributed by atoms with Gasteiger partial charge < -0.3 is 9.64 Å². The quantitative estimate of drug-likeness (QED) is 0.911. The van der Waals surface area contributed by atoms with Gasteiger partial charge in [-0.2, -0.15) is 0 Å². The molecule has 24 heavy (non-hydrogen) atoms. The van der Waals surface area contributed by atoms with Crippen LogP contribution in [0.5, 0.6) is 0 Å². The Balaban J connectivity index is 2.02. The molecule has 1 fully saturated rings. The molecule has 1 amide bonds. The fourth-order valence-electron chi connectivity index (χ4n) is 3.33. The average Bonchev–Trinajstić information content (AvgIpc) is 2.86.